The molecule has 4 rings (SSSR count). The monoisotopic (exact) mass is 1160 g/mol. The second-order valence-corrected chi connectivity index (χ2v) is 18.3. The van der Waals surface area contributed by atoms with Crippen LogP contribution in [0.3, 0.4) is 0 Å². The van der Waals surface area contributed by atoms with Gasteiger partial charge in [0.25, 0.3) is 0 Å². The maximum atomic E-state index is 12.6. The SMILES string of the molecule is CC(=O)OC[C@H]1O[C@H](OCc2cc(CO[C@H]3O[C@H](COC(C)=O)[C@@H](OC(C)=O)[C@H](OC(C)=O)[C@@H]3OC(C)=O)cc(CO[C@H]3O[C@H](COC(C)=O)[C@@H](OC(C)=O)[C@H](OC(C)=O)[C@@H]3OC(C)=O)c2)[C@@H](OC(C)=O)[C@@H](OC(C)=O)[C@@H]1OC(C)=O. The summed E-state index contributed by atoms with van der Waals surface area (Å²) in [5.41, 5.74) is 0.641. The molecular formula is C51H66O30. The molecule has 30 nitrogen and oxygen atoms in total. The third kappa shape index (κ3) is 21.2. The van der Waals surface area contributed by atoms with Gasteiger partial charge in [-0.15, -0.1) is 0 Å². The summed E-state index contributed by atoms with van der Waals surface area (Å²) >= 11 is 0. The van der Waals surface area contributed by atoms with E-state index >= 15 is 0 Å². The van der Waals surface area contributed by atoms with Crippen molar-refractivity contribution in [3.05, 3.63) is 34.9 Å². The standard InChI is InChI=1S/C51H66O30/c1-22(52)64-19-37-40(70-25(4)55)43(73-28(7)58)46(76-31(10)61)49(79-37)67-16-34-13-35(17-68-50-47(77-32(11)62)44(74-29(8)59)41(71-26(5)56)38(80-50)20-65-23(2)53)15-36(14-34)18-69-51-48(78-33(12)63)45(75-30(9)60)42(72-27(6)57)39(81-51)21-66-24(3)54/h13-15,37-51H,16-21H2,1-12H3/t37-,38-,39-,40-,41-,42-,43+,44+,45+,46+,47+,48+,49+,50+,51+/m1/s1. The first kappa shape index (κ1) is 66.1. The number of hydrogen-bond donors (Lipinski definition) is 0. The molecule has 0 saturated carbocycles. The topological polar surface area (TPSA) is 371 Å². The average molecular weight is 1160 g/mol. The summed E-state index contributed by atoms with van der Waals surface area (Å²) in [7, 11) is 0. The number of ether oxygens (including phenoxy) is 18. The summed E-state index contributed by atoms with van der Waals surface area (Å²) < 4.78 is 102. The predicted octanol–water partition coefficient (Wildman–Crippen LogP) is 0.486. The second-order valence-electron chi connectivity index (χ2n) is 18.3. The van der Waals surface area contributed by atoms with Crippen molar-refractivity contribution in [2.75, 3.05) is 19.8 Å². The summed E-state index contributed by atoms with van der Waals surface area (Å²) in [6.45, 7) is 9.32. The van der Waals surface area contributed by atoms with Crippen molar-refractivity contribution in [2.45, 2.75) is 195 Å². The summed E-state index contributed by atoms with van der Waals surface area (Å²) in [5, 5.41) is 0. The molecule has 0 amide bonds. The molecule has 30 heteroatoms. The zero-order chi connectivity index (χ0) is 60.4. The molecule has 3 aliphatic heterocycles. The third-order valence-corrected chi connectivity index (χ3v) is 11.2. The third-order valence-electron chi connectivity index (χ3n) is 11.2. The van der Waals surface area contributed by atoms with Gasteiger partial charge >= 0.3 is 71.6 Å². The fourth-order valence-electron chi connectivity index (χ4n) is 8.59. The van der Waals surface area contributed by atoms with E-state index in [4.69, 9.17) is 85.3 Å². The highest BCUT2D eigenvalue weighted by atomic mass is 16.8. The van der Waals surface area contributed by atoms with Crippen molar-refractivity contribution in [1.29, 1.82) is 0 Å². The van der Waals surface area contributed by atoms with Crippen molar-refractivity contribution < 1.29 is 143 Å². The van der Waals surface area contributed by atoms with Gasteiger partial charge in [-0.3, -0.25) is 57.5 Å². The predicted molar refractivity (Wildman–Crippen MR) is 257 cm³/mol. The Morgan fingerprint density at radius 3 is 0.654 bits per heavy atom. The molecule has 450 valence electrons. The van der Waals surface area contributed by atoms with Crippen molar-refractivity contribution >= 4 is 71.6 Å². The van der Waals surface area contributed by atoms with Crippen LogP contribution in [0.5, 0.6) is 0 Å². The van der Waals surface area contributed by atoms with Crippen LogP contribution in [0.2, 0.25) is 0 Å². The average Bonchev–Trinajstić information content (AvgIpc) is 3.50. The number of carbonyl (C=O) groups is 12. The van der Waals surface area contributed by atoms with Crippen LogP contribution in [0.1, 0.15) is 99.8 Å². The molecule has 3 heterocycles. The molecule has 0 N–H and O–H groups in total. The van der Waals surface area contributed by atoms with Gasteiger partial charge in [0.2, 0.25) is 0 Å². The lowest BCUT2D eigenvalue weighted by Gasteiger charge is -2.44. The Bertz CT molecular complexity index is 2180. The first-order chi connectivity index (χ1) is 38.0. The van der Waals surface area contributed by atoms with Crippen LogP contribution in [0.25, 0.3) is 0 Å². The quantitative estimate of drug-likeness (QED) is 0.100. The van der Waals surface area contributed by atoms with E-state index < -0.39 is 203 Å². The van der Waals surface area contributed by atoms with Gasteiger partial charge in [0.15, 0.2) is 73.8 Å². The minimum Gasteiger partial charge on any atom is -0.463 e. The zero-order valence-electron chi connectivity index (χ0n) is 46.4. The lowest BCUT2D eigenvalue weighted by molar-refractivity contribution is -0.311. The zero-order valence-corrected chi connectivity index (χ0v) is 46.4. The molecule has 0 unspecified atom stereocenters. The van der Waals surface area contributed by atoms with Crippen LogP contribution in [0.15, 0.2) is 18.2 Å². The molecule has 0 bridgehead atoms. The van der Waals surface area contributed by atoms with Crippen LogP contribution < -0.4 is 0 Å². The van der Waals surface area contributed by atoms with E-state index in [0.29, 0.717) is 0 Å². The molecule has 3 aliphatic rings. The fraction of sp³-hybridized carbons (Fsp3) is 0.647. The molecular weight excluding hydrogens is 1090 g/mol. The fourth-order valence-corrected chi connectivity index (χ4v) is 8.59. The Balaban J connectivity index is 1.86. The summed E-state index contributed by atoms with van der Waals surface area (Å²) in [5.74, 6) is -10.4. The van der Waals surface area contributed by atoms with Gasteiger partial charge in [0, 0.05) is 83.1 Å². The Kier molecular flexibility index (Phi) is 25.3. The molecule has 3 saturated heterocycles. The Morgan fingerprint density at radius 1 is 0.284 bits per heavy atom. The van der Waals surface area contributed by atoms with Crippen molar-refractivity contribution in [1.82, 2.24) is 0 Å². The summed E-state index contributed by atoms with van der Waals surface area (Å²) in [4.78, 5) is 148. The van der Waals surface area contributed by atoms with E-state index in [-0.39, 0.29) is 16.7 Å². The number of rotatable bonds is 24. The van der Waals surface area contributed by atoms with E-state index in [1.165, 1.54) is 18.2 Å². The van der Waals surface area contributed by atoms with E-state index in [1.54, 1.807) is 0 Å². The number of carbonyl (C=O) groups excluding carboxylic acids is 12. The van der Waals surface area contributed by atoms with Crippen molar-refractivity contribution in [3.8, 4) is 0 Å². The first-order valence-electron chi connectivity index (χ1n) is 24.9. The smallest absolute Gasteiger partial charge is 0.303 e. The van der Waals surface area contributed by atoms with E-state index in [2.05, 4.69) is 0 Å². The first-order valence-corrected chi connectivity index (χ1v) is 24.9. The van der Waals surface area contributed by atoms with Crippen LogP contribution in [-0.4, -0.2) is 184 Å². The van der Waals surface area contributed by atoms with Gasteiger partial charge in [-0.2, -0.15) is 0 Å². The van der Waals surface area contributed by atoms with Crippen molar-refractivity contribution in [2.24, 2.45) is 0 Å². The van der Waals surface area contributed by atoms with E-state index in [9.17, 15) is 57.5 Å². The number of esters is 12. The van der Waals surface area contributed by atoms with E-state index in [1.807, 2.05) is 0 Å². The molecule has 81 heavy (non-hydrogen) atoms. The second kappa shape index (κ2) is 31.0. The summed E-state index contributed by atoms with van der Waals surface area (Å²) in [6.07, 6.45) is -23.6. The van der Waals surface area contributed by atoms with Gasteiger partial charge in [-0.25, -0.2) is 0 Å². The van der Waals surface area contributed by atoms with Crippen LogP contribution >= 0.6 is 0 Å². The Labute approximate surface area is 463 Å². The van der Waals surface area contributed by atoms with Crippen LogP contribution in [0, 0.1) is 0 Å². The lowest BCUT2D eigenvalue weighted by Crippen LogP contribution is -2.63. The highest BCUT2D eigenvalue weighted by Crippen LogP contribution is 2.34. The van der Waals surface area contributed by atoms with Gasteiger partial charge in [-0.1, -0.05) is 18.2 Å². The van der Waals surface area contributed by atoms with E-state index in [0.717, 1.165) is 83.1 Å². The minimum absolute atomic E-state index is 0.214. The molecule has 0 aromatic heterocycles. The molecule has 1 aromatic carbocycles. The van der Waals surface area contributed by atoms with Crippen LogP contribution in [-0.2, 0) is 163 Å². The van der Waals surface area contributed by atoms with Gasteiger partial charge < -0.3 is 85.3 Å². The maximum absolute atomic E-state index is 12.6. The van der Waals surface area contributed by atoms with Gasteiger partial charge in [0.1, 0.15) is 38.1 Å². The number of hydrogen-bond acceptors (Lipinski definition) is 30. The normalized spacial score (nSPS) is 27.8. The maximum Gasteiger partial charge on any atom is 0.303 e. The lowest BCUT2D eigenvalue weighted by atomic mass is 9.98. The molecule has 1 aromatic rings. The van der Waals surface area contributed by atoms with Gasteiger partial charge in [-0.05, 0) is 16.7 Å². The number of benzene rings is 1. The molecule has 0 spiro atoms. The molecule has 0 aliphatic carbocycles. The highest BCUT2D eigenvalue weighted by Gasteiger charge is 2.56. The molecule has 15 atom stereocenters. The Hall–Kier alpha value is -7.38. The molecule has 3 fully saturated rings. The van der Waals surface area contributed by atoms with Crippen LogP contribution in [0.4, 0.5) is 0 Å². The molecule has 0 radical (unpaired) electrons. The summed E-state index contributed by atoms with van der Waals surface area (Å²) in [6, 6.07) is 4.48. The largest absolute Gasteiger partial charge is 0.463 e. The highest BCUT2D eigenvalue weighted by molar-refractivity contribution is 5.71. The minimum atomic E-state index is -1.68. The van der Waals surface area contributed by atoms with Gasteiger partial charge in [0.05, 0.1) is 19.8 Å². The Morgan fingerprint density at radius 2 is 0.469 bits per heavy atom. The van der Waals surface area contributed by atoms with Crippen molar-refractivity contribution in [3.63, 3.8) is 0 Å².